The number of benzene rings is 1. The van der Waals surface area contributed by atoms with E-state index >= 15 is 0 Å². The number of hydrogen-bond donors (Lipinski definition) is 1. The van der Waals surface area contributed by atoms with Gasteiger partial charge in [-0.3, -0.25) is 14.5 Å². The molecular weight excluding hydrogens is 264 g/mol. The Hall–Kier alpha value is -1.39. The maximum Gasteiger partial charge on any atom is 0.233 e. The van der Waals surface area contributed by atoms with Crippen LogP contribution in [0.15, 0.2) is 24.3 Å². The molecule has 0 aliphatic heterocycles. The molecule has 0 aromatic heterocycles. The summed E-state index contributed by atoms with van der Waals surface area (Å²) in [5, 5.41) is 3.09. The van der Waals surface area contributed by atoms with E-state index in [4.69, 9.17) is 11.6 Å². The van der Waals surface area contributed by atoms with Crippen LogP contribution in [0.25, 0.3) is 0 Å². The Morgan fingerprint density at radius 1 is 1.42 bits per heavy atom. The van der Waals surface area contributed by atoms with Crippen molar-refractivity contribution in [1.82, 2.24) is 10.2 Å². The molecule has 0 aliphatic rings. The highest BCUT2D eigenvalue weighted by Gasteiger charge is 2.22. The Morgan fingerprint density at radius 3 is 2.63 bits per heavy atom. The van der Waals surface area contributed by atoms with E-state index in [1.54, 1.807) is 38.2 Å². The lowest BCUT2D eigenvalue weighted by Crippen LogP contribution is -2.44. The average molecular weight is 283 g/mol. The molecule has 1 unspecified atom stereocenters. The van der Waals surface area contributed by atoms with Crippen LogP contribution in [0.1, 0.15) is 24.2 Å². The van der Waals surface area contributed by atoms with E-state index in [1.807, 2.05) is 11.8 Å². The van der Waals surface area contributed by atoms with Crippen LogP contribution in [0.5, 0.6) is 0 Å². The summed E-state index contributed by atoms with van der Waals surface area (Å²) in [4.78, 5) is 25.6. The molecule has 0 saturated carbocycles. The van der Waals surface area contributed by atoms with Crippen LogP contribution in [-0.2, 0) is 4.79 Å². The molecule has 0 bridgehead atoms. The molecule has 1 aromatic carbocycles. The van der Waals surface area contributed by atoms with Crippen molar-refractivity contribution >= 4 is 23.3 Å². The minimum absolute atomic E-state index is 0.0340. The zero-order valence-corrected chi connectivity index (χ0v) is 12.2. The molecule has 1 amide bonds. The molecule has 0 fully saturated rings. The number of rotatable bonds is 6. The molecule has 0 aliphatic carbocycles. The van der Waals surface area contributed by atoms with Gasteiger partial charge in [0.2, 0.25) is 5.91 Å². The molecule has 104 valence electrons. The highest BCUT2D eigenvalue weighted by Crippen LogP contribution is 2.14. The molecule has 1 N–H and O–H groups in total. The first-order valence-electron chi connectivity index (χ1n) is 6.24. The van der Waals surface area contributed by atoms with Crippen LogP contribution >= 0.6 is 11.6 Å². The van der Waals surface area contributed by atoms with Crippen LogP contribution in [0.3, 0.4) is 0 Å². The Bertz CT molecular complexity index is 463. The van der Waals surface area contributed by atoms with Crippen molar-refractivity contribution in [1.29, 1.82) is 0 Å². The van der Waals surface area contributed by atoms with Gasteiger partial charge in [0.25, 0.3) is 0 Å². The number of hydrogen-bond acceptors (Lipinski definition) is 3. The van der Waals surface area contributed by atoms with Gasteiger partial charge >= 0.3 is 0 Å². The van der Waals surface area contributed by atoms with Crippen molar-refractivity contribution in [2.45, 2.75) is 19.9 Å². The number of carbonyl (C=O) groups excluding carboxylic acids is 2. The molecule has 1 rings (SSSR count). The summed E-state index contributed by atoms with van der Waals surface area (Å²) in [7, 11) is 1.58. The second-order valence-electron chi connectivity index (χ2n) is 4.29. The molecule has 0 radical (unpaired) electrons. The van der Waals surface area contributed by atoms with Gasteiger partial charge < -0.3 is 5.32 Å². The predicted molar refractivity (Wildman–Crippen MR) is 76.6 cm³/mol. The third-order valence-electron chi connectivity index (χ3n) is 3.07. The highest BCUT2D eigenvalue weighted by atomic mass is 35.5. The van der Waals surface area contributed by atoms with Gasteiger partial charge in [-0.25, -0.2) is 0 Å². The van der Waals surface area contributed by atoms with Crippen LogP contribution in [0.2, 0.25) is 5.02 Å². The molecule has 4 nitrogen and oxygen atoms in total. The van der Waals surface area contributed by atoms with E-state index in [2.05, 4.69) is 5.32 Å². The molecule has 1 aromatic rings. The first-order chi connectivity index (χ1) is 8.99. The lowest BCUT2D eigenvalue weighted by molar-refractivity contribution is -0.121. The number of halogens is 1. The number of amides is 1. The zero-order valence-electron chi connectivity index (χ0n) is 11.4. The summed E-state index contributed by atoms with van der Waals surface area (Å²) < 4.78 is 0. The van der Waals surface area contributed by atoms with Gasteiger partial charge in [-0.05, 0) is 25.6 Å². The van der Waals surface area contributed by atoms with Gasteiger partial charge in [0.1, 0.15) is 0 Å². The van der Waals surface area contributed by atoms with E-state index < -0.39 is 0 Å². The summed E-state index contributed by atoms with van der Waals surface area (Å²) in [6.45, 7) is 4.56. The van der Waals surface area contributed by atoms with Gasteiger partial charge in [0, 0.05) is 17.6 Å². The predicted octanol–water partition coefficient (Wildman–Crippen LogP) is 1.98. The van der Waals surface area contributed by atoms with E-state index in [-0.39, 0.29) is 24.3 Å². The van der Waals surface area contributed by atoms with E-state index in [0.29, 0.717) is 17.1 Å². The third kappa shape index (κ3) is 4.33. The lowest BCUT2D eigenvalue weighted by Gasteiger charge is -2.25. The monoisotopic (exact) mass is 282 g/mol. The number of nitrogens with one attached hydrogen (secondary N) is 1. The van der Waals surface area contributed by atoms with E-state index in [0.717, 1.165) is 0 Å². The second-order valence-corrected chi connectivity index (χ2v) is 4.72. The summed E-state index contributed by atoms with van der Waals surface area (Å²) in [6, 6.07) is 6.50. The topological polar surface area (TPSA) is 49.4 Å². The number of ketones is 1. The molecule has 0 spiro atoms. The third-order valence-corrected chi connectivity index (χ3v) is 3.30. The Labute approximate surface area is 118 Å². The van der Waals surface area contributed by atoms with Gasteiger partial charge in [-0.1, -0.05) is 30.7 Å². The summed E-state index contributed by atoms with van der Waals surface area (Å²) in [6.07, 6.45) is 0. The van der Waals surface area contributed by atoms with Crippen molar-refractivity contribution in [3.05, 3.63) is 34.9 Å². The van der Waals surface area contributed by atoms with Gasteiger partial charge in [0.05, 0.1) is 12.6 Å². The number of nitrogens with zero attached hydrogens (tertiary/aromatic N) is 1. The Kier molecular flexibility index (Phi) is 5.99. The molecular formula is C14H19ClN2O2. The van der Waals surface area contributed by atoms with Crippen molar-refractivity contribution in [2.24, 2.45) is 0 Å². The van der Waals surface area contributed by atoms with E-state index in [1.165, 1.54) is 0 Å². The van der Waals surface area contributed by atoms with E-state index in [9.17, 15) is 9.59 Å². The number of likely N-dealkylation sites (N-methyl/N-ethyl adjacent to an activating group) is 2. The normalized spacial score (nSPS) is 12.3. The average Bonchev–Trinajstić information content (AvgIpc) is 2.42. The highest BCUT2D eigenvalue weighted by molar-refractivity contribution is 6.31. The van der Waals surface area contributed by atoms with Gasteiger partial charge in [-0.15, -0.1) is 0 Å². The fourth-order valence-corrected chi connectivity index (χ4v) is 2.03. The maximum atomic E-state index is 12.3. The molecule has 5 heteroatoms. The van der Waals surface area contributed by atoms with Gasteiger partial charge in [0.15, 0.2) is 5.78 Å². The van der Waals surface area contributed by atoms with Crippen molar-refractivity contribution in [3.63, 3.8) is 0 Å². The largest absolute Gasteiger partial charge is 0.358 e. The van der Waals surface area contributed by atoms with Crippen LogP contribution in [-0.4, -0.2) is 42.8 Å². The SMILES string of the molecule is CCN(CC(=O)NC)C(C)C(=O)c1cccc(Cl)c1. The van der Waals surface area contributed by atoms with Crippen LogP contribution in [0, 0.1) is 0 Å². The Morgan fingerprint density at radius 2 is 2.11 bits per heavy atom. The smallest absolute Gasteiger partial charge is 0.233 e. The van der Waals surface area contributed by atoms with Crippen molar-refractivity contribution in [2.75, 3.05) is 20.1 Å². The Balaban J connectivity index is 2.82. The standard InChI is InChI=1S/C14H19ClN2O2/c1-4-17(9-13(18)16-3)10(2)14(19)11-6-5-7-12(15)8-11/h5-8,10H,4,9H2,1-3H3,(H,16,18). The molecule has 0 heterocycles. The minimum atomic E-state index is -0.360. The summed E-state index contributed by atoms with van der Waals surface area (Å²) in [5.74, 6) is -0.138. The summed E-state index contributed by atoms with van der Waals surface area (Å²) >= 11 is 5.88. The van der Waals surface area contributed by atoms with Crippen LogP contribution in [0.4, 0.5) is 0 Å². The summed E-state index contributed by atoms with van der Waals surface area (Å²) in [5.41, 5.74) is 0.565. The number of carbonyl (C=O) groups is 2. The van der Waals surface area contributed by atoms with Crippen molar-refractivity contribution in [3.8, 4) is 0 Å². The number of Topliss-reactive ketones (excluding diaryl/α,β-unsaturated/α-hetero) is 1. The quantitative estimate of drug-likeness (QED) is 0.812. The fraction of sp³-hybridized carbons (Fsp3) is 0.429. The minimum Gasteiger partial charge on any atom is -0.358 e. The fourth-order valence-electron chi connectivity index (χ4n) is 1.83. The second kappa shape index (κ2) is 7.26. The zero-order chi connectivity index (χ0) is 14.4. The molecule has 1 atom stereocenters. The molecule has 0 saturated heterocycles. The van der Waals surface area contributed by atoms with Crippen molar-refractivity contribution < 1.29 is 9.59 Å². The van der Waals surface area contributed by atoms with Gasteiger partial charge in [-0.2, -0.15) is 0 Å². The lowest BCUT2D eigenvalue weighted by atomic mass is 10.0. The first kappa shape index (κ1) is 15.7. The maximum absolute atomic E-state index is 12.3. The first-order valence-corrected chi connectivity index (χ1v) is 6.61. The van der Waals surface area contributed by atoms with Crippen LogP contribution < -0.4 is 5.32 Å². The molecule has 19 heavy (non-hydrogen) atoms.